The van der Waals surface area contributed by atoms with E-state index >= 15 is 0 Å². The Balaban J connectivity index is 1.42. The fraction of sp³-hybridized carbons (Fsp3) is 0.214. The van der Waals surface area contributed by atoms with Crippen molar-refractivity contribution in [2.45, 2.75) is 25.1 Å². The van der Waals surface area contributed by atoms with Crippen molar-refractivity contribution in [2.75, 3.05) is 13.1 Å². The van der Waals surface area contributed by atoms with Gasteiger partial charge in [0.05, 0.1) is 0 Å². The molecule has 4 aromatic rings. The number of carbonyl (C=O) groups excluding carboxylic acids is 1. The summed E-state index contributed by atoms with van der Waals surface area (Å²) in [7, 11) is 0. The largest absolute Gasteiger partial charge is 0.454 e. The molecule has 37 heavy (non-hydrogen) atoms. The van der Waals surface area contributed by atoms with E-state index in [9.17, 15) is 18.0 Å². The molecule has 2 atom stereocenters. The molecule has 0 saturated carbocycles. The van der Waals surface area contributed by atoms with Crippen LogP contribution in [-0.2, 0) is 0 Å². The molecule has 1 saturated heterocycles. The molecule has 2 unspecified atom stereocenters. The molecule has 188 valence electrons. The Hall–Kier alpha value is -4.27. The van der Waals surface area contributed by atoms with E-state index in [1.807, 2.05) is 35.4 Å². The van der Waals surface area contributed by atoms with Crippen LogP contribution in [-0.4, -0.2) is 51.6 Å². The molecule has 1 aliphatic rings. The number of amides is 1. The van der Waals surface area contributed by atoms with Gasteiger partial charge in [-0.15, -0.1) is 0 Å². The fourth-order valence-electron chi connectivity index (χ4n) is 4.52. The van der Waals surface area contributed by atoms with Gasteiger partial charge in [-0.2, -0.15) is 4.39 Å². The molecule has 2 aromatic heterocycles. The summed E-state index contributed by atoms with van der Waals surface area (Å²) in [6.45, 7) is 1.27. The van der Waals surface area contributed by atoms with Crippen molar-refractivity contribution in [3.05, 3.63) is 96.8 Å². The van der Waals surface area contributed by atoms with Crippen LogP contribution in [0.3, 0.4) is 0 Å². The quantitative estimate of drug-likeness (QED) is 0.319. The number of halogens is 3. The molecule has 3 heterocycles. The predicted molar refractivity (Wildman–Crippen MR) is 132 cm³/mol. The van der Waals surface area contributed by atoms with Gasteiger partial charge in [0, 0.05) is 54.9 Å². The molecule has 5 rings (SSSR count). The van der Waals surface area contributed by atoms with E-state index in [0.717, 1.165) is 28.7 Å². The second-order valence-corrected chi connectivity index (χ2v) is 8.74. The molecule has 9 heteroatoms. The molecule has 0 radical (unpaired) electrons. The number of likely N-dealkylation sites (tertiary alicyclic amines) is 1. The summed E-state index contributed by atoms with van der Waals surface area (Å²) in [6, 6.07) is 15.5. The lowest BCUT2D eigenvalue weighted by Gasteiger charge is -2.19. The molecule has 1 fully saturated rings. The first-order chi connectivity index (χ1) is 18.0. The number of alkyl halides is 3. The maximum absolute atomic E-state index is 13.4. The summed E-state index contributed by atoms with van der Waals surface area (Å²) in [6.07, 6.45) is 3.25. The minimum Gasteiger partial charge on any atom is -0.454 e. The van der Waals surface area contributed by atoms with Crippen LogP contribution in [0.4, 0.5) is 13.2 Å². The highest BCUT2D eigenvalue weighted by Crippen LogP contribution is 2.35. The van der Waals surface area contributed by atoms with Crippen molar-refractivity contribution in [3.63, 3.8) is 0 Å². The Morgan fingerprint density at radius 2 is 1.70 bits per heavy atom. The smallest absolute Gasteiger partial charge is 0.304 e. The summed E-state index contributed by atoms with van der Waals surface area (Å²) in [5.41, 5.74) is 4.61. The van der Waals surface area contributed by atoms with Gasteiger partial charge in [-0.25, -0.2) is 18.7 Å². The first kappa shape index (κ1) is 24.4. The number of carbonyl (C=O) groups is 1. The lowest BCUT2D eigenvalue weighted by molar-refractivity contribution is -0.0668. The van der Waals surface area contributed by atoms with Gasteiger partial charge in [0.2, 0.25) is 0 Å². The number of benzene rings is 2. The van der Waals surface area contributed by atoms with Crippen molar-refractivity contribution in [2.24, 2.45) is 0 Å². The molecule has 1 aliphatic heterocycles. The van der Waals surface area contributed by atoms with E-state index in [1.54, 1.807) is 36.8 Å². The molecule has 0 N–H and O–H groups in total. The number of rotatable bonds is 7. The van der Waals surface area contributed by atoms with Crippen LogP contribution >= 0.6 is 0 Å². The molecular formula is C28H23F3N4O2. The lowest BCUT2D eigenvalue weighted by Crippen LogP contribution is -2.28. The van der Waals surface area contributed by atoms with Gasteiger partial charge >= 0.3 is 6.43 Å². The molecule has 0 bridgehead atoms. The molecule has 1 amide bonds. The number of hydrogen-bond acceptors (Lipinski definition) is 5. The first-order valence-electron chi connectivity index (χ1n) is 11.8. The number of hydrogen-bond donors (Lipinski definition) is 0. The third kappa shape index (κ3) is 5.45. The van der Waals surface area contributed by atoms with Crippen molar-refractivity contribution in [1.29, 1.82) is 0 Å². The van der Waals surface area contributed by atoms with E-state index in [4.69, 9.17) is 0 Å². The van der Waals surface area contributed by atoms with Crippen molar-refractivity contribution in [1.82, 2.24) is 19.9 Å². The summed E-state index contributed by atoms with van der Waals surface area (Å²) in [5, 5.41) is 0. The van der Waals surface area contributed by atoms with Gasteiger partial charge in [-0.05, 0) is 59.0 Å². The number of nitrogens with zero attached hydrogens (tertiary/aromatic N) is 4. The van der Waals surface area contributed by atoms with Gasteiger partial charge in [0.15, 0.2) is 0 Å². The summed E-state index contributed by atoms with van der Waals surface area (Å²) in [5.74, 6) is 0.166. The lowest BCUT2D eigenvalue weighted by atomic mass is 9.93. The monoisotopic (exact) mass is 504 g/mol. The Labute approximate surface area is 211 Å². The fourth-order valence-corrected chi connectivity index (χ4v) is 4.52. The van der Waals surface area contributed by atoms with Crippen LogP contribution in [0.15, 0.2) is 85.7 Å². The van der Waals surface area contributed by atoms with E-state index in [2.05, 4.69) is 19.7 Å². The molecule has 0 spiro atoms. The number of aromatic nitrogens is 3. The van der Waals surface area contributed by atoms with E-state index in [0.29, 0.717) is 24.2 Å². The zero-order chi connectivity index (χ0) is 25.8. The van der Waals surface area contributed by atoms with Crippen LogP contribution in [0.25, 0.3) is 22.3 Å². The summed E-state index contributed by atoms with van der Waals surface area (Å²) < 4.78 is 42.9. The van der Waals surface area contributed by atoms with Crippen molar-refractivity contribution >= 4 is 5.91 Å². The van der Waals surface area contributed by atoms with Gasteiger partial charge < -0.3 is 9.64 Å². The van der Waals surface area contributed by atoms with Gasteiger partial charge in [-0.3, -0.25) is 9.78 Å². The normalized spacial score (nSPS) is 16.1. The topological polar surface area (TPSA) is 68.2 Å². The Kier molecular flexibility index (Phi) is 7.11. The van der Waals surface area contributed by atoms with Crippen molar-refractivity contribution < 1.29 is 22.7 Å². The standard InChI is InChI=1S/C28H23F3N4O2/c29-26(30)27(31)37-23-6-3-18(4-7-23)24-8-5-19(12-25(24)22-14-33-17-34-15-22)28(36)35-11-9-21(16-35)20-2-1-10-32-13-20/h1-8,10,12-15,17,21,26-27H,9,11,16H2. The number of pyridine rings is 1. The minimum atomic E-state index is -3.23. The van der Waals surface area contributed by atoms with Crippen molar-refractivity contribution in [3.8, 4) is 28.0 Å². The van der Waals surface area contributed by atoms with Gasteiger partial charge in [0.25, 0.3) is 12.3 Å². The van der Waals surface area contributed by atoms with Crippen LogP contribution < -0.4 is 4.74 Å². The van der Waals surface area contributed by atoms with Gasteiger partial charge in [0.1, 0.15) is 12.1 Å². The van der Waals surface area contributed by atoms with Crippen LogP contribution in [0.1, 0.15) is 28.3 Å². The second-order valence-electron chi connectivity index (χ2n) is 8.74. The van der Waals surface area contributed by atoms with E-state index in [-0.39, 0.29) is 17.6 Å². The highest BCUT2D eigenvalue weighted by Gasteiger charge is 2.28. The second kappa shape index (κ2) is 10.8. The molecular weight excluding hydrogens is 481 g/mol. The summed E-state index contributed by atoms with van der Waals surface area (Å²) in [4.78, 5) is 27.7. The third-order valence-corrected chi connectivity index (χ3v) is 6.38. The average molecular weight is 505 g/mol. The van der Waals surface area contributed by atoms with Gasteiger partial charge in [-0.1, -0.05) is 24.3 Å². The zero-order valence-electron chi connectivity index (χ0n) is 19.7. The SMILES string of the molecule is O=C(c1ccc(-c2ccc(OC(F)C(F)F)cc2)c(-c2cncnc2)c1)N1CCC(c2cccnc2)C1. The van der Waals surface area contributed by atoms with Crippen LogP contribution in [0.2, 0.25) is 0 Å². The zero-order valence-corrected chi connectivity index (χ0v) is 19.7. The number of ether oxygens (including phenoxy) is 1. The highest BCUT2D eigenvalue weighted by atomic mass is 19.3. The minimum absolute atomic E-state index is 0.00912. The summed E-state index contributed by atoms with van der Waals surface area (Å²) >= 11 is 0. The Morgan fingerprint density at radius 3 is 2.41 bits per heavy atom. The maximum Gasteiger partial charge on any atom is 0.304 e. The van der Waals surface area contributed by atoms with Crippen LogP contribution in [0, 0.1) is 0 Å². The third-order valence-electron chi connectivity index (χ3n) is 6.38. The maximum atomic E-state index is 13.4. The van der Waals surface area contributed by atoms with E-state index < -0.39 is 12.8 Å². The Morgan fingerprint density at radius 1 is 0.919 bits per heavy atom. The predicted octanol–water partition coefficient (Wildman–Crippen LogP) is 5.77. The average Bonchev–Trinajstić information content (AvgIpc) is 3.44. The molecule has 6 nitrogen and oxygen atoms in total. The highest BCUT2D eigenvalue weighted by molar-refractivity contribution is 5.98. The van der Waals surface area contributed by atoms with E-state index in [1.165, 1.54) is 18.5 Å². The van der Waals surface area contributed by atoms with Crippen LogP contribution in [0.5, 0.6) is 5.75 Å². The Bertz CT molecular complexity index is 1360. The first-order valence-corrected chi connectivity index (χ1v) is 11.8. The molecule has 2 aromatic carbocycles. The molecule has 0 aliphatic carbocycles.